The third-order valence-corrected chi connectivity index (χ3v) is 2.30. The zero-order chi connectivity index (χ0) is 13.7. The van der Waals surface area contributed by atoms with Gasteiger partial charge in [-0.3, -0.25) is 14.9 Å². The van der Waals surface area contributed by atoms with Crippen LogP contribution in [0.15, 0.2) is 18.2 Å². The summed E-state index contributed by atoms with van der Waals surface area (Å²) in [6, 6.07) is 3.31. The van der Waals surface area contributed by atoms with Crippen LogP contribution in [0, 0.1) is 17.0 Å². The summed E-state index contributed by atoms with van der Waals surface area (Å²) in [5.41, 5.74) is 6.13. The van der Waals surface area contributed by atoms with Gasteiger partial charge in [0.2, 0.25) is 0 Å². The molecule has 98 valence electrons. The van der Waals surface area contributed by atoms with E-state index in [0.717, 1.165) is 5.56 Å². The van der Waals surface area contributed by atoms with Gasteiger partial charge in [0.25, 0.3) is 5.69 Å². The zero-order valence-electron chi connectivity index (χ0n) is 10.1. The Balaban J connectivity index is 2.75. The van der Waals surface area contributed by atoms with Gasteiger partial charge < -0.3 is 15.2 Å². The molecule has 1 atom stereocenters. The highest BCUT2D eigenvalue weighted by molar-refractivity contribution is 5.75. The topological polar surface area (TPSA) is 105 Å². The van der Waals surface area contributed by atoms with E-state index in [1.807, 2.05) is 0 Å². The fraction of sp³-hybridized carbons (Fsp3) is 0.364. The molecule has 0 radical (unpaired) electrons. The van der Waals surface area contributed by atoms with Crippen LogP contribution in [0.4, 0.5) is 5.69 Å². The fourth-order valence-corrected chi connectivity index (χ4v) is 1.26. The summed E-state index contributed by atoms with van der Waals surface area (Å²) in [7, 11) is 1.22. The standard InChI is InChI=1S/C11H14N2O5/c1-7-3-4-8(13(15)16)5-10(7)18-6-9(12)11(14)17-2/h3-5,9H,6,12H2,1-2H3. The average Bonchev–Trinajstić information content (AvgIpc) is 2.36. The van der Waals surface area contributed by atoms with Crippen LogP contribution in [0.5, 0.6) is 5.75 Å². The van der Waals surface area contributed by atoms with E-state index in [1.54, 1.807) is 13.0 Å². The van der Waals surface area contributed by atoms with E-state index >= 15 is 0 Å². The van der Waals surface area contributed by atoms with Crippen LogP contribution < -0.4 is 10.5 Å². The molecule has 1 aromatic rings. The number of nitrogens with two attached hydrogens (primary N) is 1. The number of non-ortho nitro benzene ring substituents is 1. The van der Waals surface area contributed by atoms with Crippen molar-refractivity contribution in [2.45, 2.75) is 13.0 Å². The van der Waals surface area contributed by atoms with Crippen LogP contribution in [0.25, 0.3) is 0 Å². The van der Waals surface area contributed by atoms with Crippen molar-refractivity contribution in [2.75, 3.05) is 13.7 Å². The van der Waals surface area contributed by atoms with Crippen LogP contribution in [0.2, 0.25) is 0 Å². The maximum absolute atomic E-state index is 11.1. The van der Waals surface area contributed by atoms with Crippen molar-refractivity contribution in [3.05, 3.63) is 33.9 Å². The van der Waals surface area contributed by atoms with E-state index in [2.05, 4.69) is 4.74 Å². The van der Waals surface area contributed by atoms with Gasteiger partial charge in [-0.2, -0.15) is 0 Å². The SMILES string of the molecule is COC(=O)C(N)COc1cc([N+](=O)[O-])ccc1C. The first-order chi connectivity index (χ1) is 8.45. The van der Waals surface area contributed by atoms with Crippen molar-refractivity contribution in [3.8, 4) is 5.75 Å². The second kappa shape index (κ2) is 5.97. The lowest BCUT2D eigenvalue weighted by atomic mass is 10.2. The molecular weight excluding hydrogens is 240 g/mol. The van der Waals surface area contributed by atoms with Crippen LogP contribution in [-0.2, 0) is 9.53 Å². The predicted octanol–water partition coefficient (Wildman–Crippen LogP) is 0.782. The summed E-state index contributed by atoms with van der Waals surface area (Å²) in [4.78, 5) is 21.1. The van der Waals surface area contributed by atoms with Crippen LogP contribution in [-0.4, -0.2) is 30.7 Å². The fourth-order valence-electron chi connectivity index (χ4n) is 1.26. The number of aryl methyl sites for hydroxylation is 1. The molecule has 7 heteroatoms. The van der Waals surface area contributed by atoms with Crippen molar-refractivity contribution in [3.63, 3.8) is 0 Å². The van der Waals surface area contributed by atoms with Crippen molar-refractivity contribution in [1.29, 1.82) is 0 Å². The lowest BCUT2D eigenvalue weighted by molar-refractivity contribution is -0.384. The number of nitrogens with zero attached hydrogens (tertiary/aromatic N) is 1. The molecule has 0 aromatic heterocycles. The van der Waals surface area contributed by atoms with E-state index < -0.39 is 16.9 Å². The lowest BCUT2D eigenvalue weighted by Crippen LogP contribution is -2.37. The van der Waals surface area contributed by atoms with Crippen molar-refractivity contribution < 1.29 is 19.2 Å². The minimum absolute atomic E-state index is 0.0813. The first-order valence-corrected chi connectivity index (χ1v) is 5.17. The molecule has 2 N–H and O–H groups in total. The van der Waals surface area contributed by atoms with E-state index in [-0.39, 0.29) is 12.3 Å². The van der Waals surface area contributed by atoms with Crippen molar-refractivity contribution in [2.24, 2.45) is 5.73 Å². The van der Waals surface area contributed by atoms with Gasteiger partial charge in [-0.15, -0.1) is 0 Å². The minimum atomic E-state index is -0.923. The lowest BCUT2D eigenvalue weighted by Gasteiger charge is -2.12. The molecule has 0 heterocycles. The molecule has 0 aliphatic heterocycles. The summed E-state index contributed by atoms with van der Waals surface area (Å²) in [5, 5.41) is 10.6. The number of ether oxygens (including phenoxy) is 2. The van der Waals surface area contributed by atoms with Crippen LogP contribution in [0.1, 0.15) is 5.56 Å². The Hall–Kier alpha value is -2.15. The molecule has 1 unspecified atom stereocenters. The highest BCUT2D eigenvalue weighted by Crippen LogP contribution is 2.24. The molecule has 0 aliphatic carbocycles. The summed E-state index contributed by atoms with van der Waals surface area (Å²) in [6.45, 7) is 1.64. The molecule has 0 saturated carbocycles. The third-order valence-electron chi connectivity index (χ3n) is 2.30. The molecule has 0 fully saturated rings. The van der Waals surface area contributed by atoms with E-state index in [9.17, 15) is 14.9 Å². The van der Waals surface area contributed by atoms with E-state index in [1.165, 1.54) is 19.2 Å². The monoisotopic (exact) mass is 254 g/mol. The van der Waals surface area contributed by atoms with Gasteiger partial charge in [0.1, 0.15) is 18.4 Å². The van der Waals surface area contributed by atoms with Gasteiger partial charge >= 0.3 is 5.97 Å². The number of carbonyl (C=O) groups is 1. The van der Waals surface area contributed by atoms with Crippen LogP contribution in [0.3, 0.4) is 0 Å². The molecule has 0 bridgehead atoms. The van der Waals surface area contributed by atoms with Crippen molar-refractivity contribution in [1.82, 2.24) is 0 Å². The Bertz CT molecular complexity index is 461. The largest absolute Gasteiger partial charge is 0.491 e. The van der Waals surface area contributed by atoms with Gasteiger partial charge in [0.15, 0.2) is 0 Å². The zero-order valence-corrected chi connectivity index (χ0v) is 10.1. The quantitative estimate of drug-likeness (QED) is 0.473. The molecule has 0 aliphatic rings. The maximum Gasteiger partial charge on any atom is 0.326 e. The van der Waals surface area contributed by atoms with Gasteiger partial charge in [-0.05, 0) is 18.6 Å². The number of hydrogen-bond donors (Lipinski definition) is 1. The summed E-state index contributed by atoms with van der Waals surface area (Å²) >= 11 is 0. The number of carbonyl (C=O) groups excluding carboxylic acids is 1. The predicted molar refractivity (Wildman–Crippen MR) is 63.3 cm³/mol. The smallest absolute Gasteiger partial charge is 0.326 e. The second-order valence-electron chi connectivity index (χ2n) is 3.65. The summed E-state index contributed by atoms with van der Waals surface area (Å²) in [5.74, 6) is -0.276. The Morgan fingerprint density at radius 1 is 1.56 bits per heavy atom. The number of rotatable bonds is 5. The molecule has 7 nitrogen and oxygen atoms in total. The highest BCUT2D eigenvalue weighted by Gasteiger charge is 2.16. The molecule has 1 rings (SSSR count). The summed E-state index contributed by atoms with van der Waals surface area (Å²) in [6.07, 6.45) is 0. The number of methoxy groups -OCH3 is 1. The molecule has 0 amide bonds. The summed E-state index contributed by atoms with van der Waals surface area (Å²) < 4.78 is 9.72. The maximum atomic E-state index is 11.1. The number of nitro groups is 1. The van der Waals surface area contributed by atoms with Gasteiger partial charge in [-0.1, -0.05) is 0 Å². The molecule has 0 spiro atoms. The van der Waals surface area contributed by atoms with Crippen molar-refractivity contribution >= 4 is 11.7 Å². The normalized spacial score (nSPS) is 11.7. The van der Waals surface area contributed by atoms with Gasteiger partial charge in [-0.25, -0.2) is 0 Å². The Kier molecular flexibility index (Phi) is 4.61. The van der Waals surface area contributed by atoms with Gasteiger partial charge in [0.05, 0.1) is 18.1 Å². The number of nitro benzene ring substituents is 1. The molecule has 0 saturated heterocycles. The third kappa shape index (κ3) is 3.42. The second-order valence-corrected chi connectivity index (χ2v) is 3.65. The average molecular weight is 254 g/mol. The molecular formula is C11H14N2O5. The number of hydrogen-bond acceptors (Lipinski definition) is 6. The van der Waals surface area contributed by atoms with Crippen LogP contribution >= 0.6 is 0 Å². The first-order valence-electron chi connectivity index (χ1n) is 5.17. The Morgan fingerprint density at radius 2 is 2.22 bits per heavy atom. The number of benzene rings is 1. The number of esters is 1. The highest BCUT2D eigenvalue weighted by atomic mass is 16.6. The Labute approximate surface area is 104 Å². The molecule has 1 aromatic carbocycles. The minimum Gasteiger partial charge on any atom is -0.491 e. The Morgan fingerprint density at radius 3 is 2.78 bits per heavy atom. The van der Waals surface area contributed by atoms with E-state index in [0.29, 0.717) is 5.75 Å². The van der Waals surface area contributed by atoms with Gasteiger partial charge in [0, 0.05) is 6.07 Å². The van der Waals surface area contributed by atoms with E-state index in [4.69, 9.17) is 10.5 Å². The first kappa shape index (κ1) is 13.9. The molecule has 18 heavy (non-hydrogen) atoms.